The van der Waals surface area contributed by atoms with Crippen LogP contribution in [0.2, 0.25) is 0 Å². The molecule has 1 aromatic heterocycles. The van der Waals surface area contributed by atoms with Crippen molar-refractivity contribution in [1.29, 1.82) is 0 Å². The molecule has 21 heavy (non-hydrogen) atoms. The first-order valence-corrected chi connectivity index (χ1v) is 8.47. The molecule has 0 amide bonds. The zero-order valence-electron chi connectivity index (χ0n) is 12.5. The summed E-state index contributed by atoms with van der Waals surface area (Å²) < 4.78 is 27.3. The van der Waals surface area contributed by atoms with Crippen LogP contribution in [-0.4, -0.2) is 18.4 Å². The molecular weight excluding hydrogens is 286 g/mol. The maximum Gasteiger partial charge on any atom is 0.241 e. The van der Waals surface area contributed by atoms with E-state index in [-0.39, 0.29) is 4.90 Å². The summed E-state index contributed by atoms with van der Waals surface area (Å²) >= 11 is 0. The van der Waals surface area contributed by atoms with E-state index < -0.39 is 16.1 Å². The SMILES string of the molecule is CC(C)Cc1ccc(S(=O)(=O)NC(C)c2ncc[nH]2)cc1. The first-order chi connectivity index (χ1) is 9.88. The summed E-state index contributed by atoms with van der Waals surface area (Å²) in [5, 5.41) is 0. The van der Waals surface area contributed by atoms with Crippen LogP contribution in [0.25, 0.3) is 0 Å². The zero-order valence-corrected chi connectivity index (χ0v) is 13.3. The van der Waals surface area contributed by atoms with Gasteiger partial charge in [0.25, 0.3) is 0 Å². The van der Waals surface area contributed by atoms with Gasteiger partial charge < -0.3 is 4.98 Å². The number of aromatic nitrogens is 2. The molecule has 0 aliphatic rings. The van der Waals surface area contributed by atoms with Gasteiger partial charge in [-0.25, -0.2) is 18.1 Å². The number of sulfonamides is 1. The maximum atomic E-state index is 12.3. The Labute approximate surface area is 125 Å². The minimum Gasteiger partial charge on any atom is -0.347 e. The number of rotatable bonds is 6. The van der Waals surface area contributed by atoms with Crippen molar-refractivity contribution in [3.8, 4) is 0 Å². The van der Waals surface area contributed by atoms with Gasteiger partial charge in [-0.3, -0.25) is 0 Å². The van der Waals surface area contributed by atoms with Crippen LogP contribution >= 0.6 is 0 Å². The highest BCUT2D eigenvalue weighted by Crippen LogP contribution is 2.16. The second kappa shape index (κ2) is 6.41. The monoisotopic (exact) mass is 307 g/mol. The molecule has 0 radical (unpaired) electrons. The van der Waals surface area contributed by atoms with Gasteiger partial charge in [0.1, 0.15) is 5.82 Å². The zero-order chi connectivity index (χ0) is 15.5. The number of H-pyrrole nitrogens is 1. The standard InChI is InChI=1S/C15H21N3O2S/c1-11(2)10-13-4-6-14(7-5-13)21(19,20)18-12(3)15-16-8-9-17-15/h4-9,11-12,18H,10H2,1-3H3,(H,16,17). The van der Waals surface area contributed by atoms with Gasteiger partial charge in [0, 0.05) is 12.4 Å². The maximum absolute atomic E-state index is 12.3. The molecule has 1 unspecified atom stereocenters. The number of aromatic amines is 1. The van der Waals surface area contributed by atoms with Crippen LogP contribution in [0.3, 0.4) is 0 Å². The van der Waals surface area contributed by atoms with Gasteiger partial charge in [0.15, 0.2) is 0 Å². The third kappa shape index (κ3) is 4.15. The fourth-order valence-corrected chi connectivity index (χ4v) is 3.35. The highest BCUT2D eigenvalue weighted by molar-refractivity contribution is 7.89. The molecule has 1 heterocycles. The second-order valence-electron chi connectivity index (χ2n) is 5.56. The Morgan fingerprint density at radius 2 is 1.86 bits per heavy atom. The van der Waals surface area contributed by atoms with Crippen molar-refractivity contribution in [2.75, 3.05) is 0 Å². The van der Waals surface area contributed by atoms with Crippen molar-refractivity contribution in [3.05, 3.63) is 48.0 Å². The average molecular weight is 307 g/mol. The number of benzene rings is 1. The van der Waals surface area contributed by atoms with E-state index in [0.717, 1.165) is 12.0 Å². The second-order valence-corrected chi connectivity index (χ2v) is 7.27. The third-order valence-electron chi connectivity index (χ3n) is 3.14. The highest BCUT2D eigenvalue weighted by atomic mass is 32.2. The molecule has 0 aliphatic heterocycles. The summed E-state index contributed by atoms with van der Waals surface area (Å²) in [4.78, 5) is 7.23. The van der Waals surface area contributed by atoms with E-state index in [0.29, 0.717) is 11.7 Å². The van der Waals surface area contributed by atoms with E-state index in [1.807, 2.05) is 12.1 Å². The van der Waals surface area contributed by atoms with E-state index in [2.05, 4.69) is 28.5 Å². The summed E-state index contributed by atoms with van der Waals surface area (Å²) in [5.74, 6) is 1.14. The summed E-state index contributed by atoms with van der Waals surface area (Å²) in [7, 11) is -3.54. The van der Waals surface area contributed by atoms with Gasteiger partial charge in [-0.15, -0.1) is 0 Å². The number of nitrogens with one attached hydrogen (secondary N) is 2. The molecule has 0 saturated carbocycles. The Kier molecular flexibility index (Phi) is 4.80. The molecule has 0 saturated heterocycles. The van der Waals surface area contributed by atoms with Gasteiger partial charge in [0.05, 0.1) is 10.9 Å². The molecule has 0 spiro atoms. The summed E-state index contributed by atoms with van der Waals surface area (Å²) in [6, 6.07) is 6.63. The van der Waals surface area contributed by atoms with Crippen LogP contribution in [-0.2, 0) is 16.4 Å². The molecule has 0 fully saturated rings. The average Bonchev–Trinajstić information content (AvgIpc) is 2.92. The Morgan fingerprint density at radius 3 is 2.38 bits per heavy atom. The van der Waals surface area contributed by atoms with E-state index in [1.54, 1.807) is 31.5 Å². The molecule has 2 rings (SSSR count). The topological polar surface area (TPSA) is 74.8 Å². The Bertz CT molecular complexity index is 661. The van der Waals surface area contributed by atoms with E-state index in [9.17, 15) is 8.42 Å². The molecule has 2 aromatic rings. The van der Waals surface area contributed by atoms with Crippen molar-refractivity contribution >= 4 is 10.0 Å². The largest absolute Gasteiger partial charge is 0.347 e. The lowest BCUT2D eigenvalue weighted by atomic mass is 10.0. The predicted octanol–water partition coefficient (Wildman–Crippen LogP) is 2.65. The Hall–Kier alpha value is -1.66. The molecule has 6 heteroatoms. The van der Waals surface area contributed by atoms with Crippen molar-refractivity contribution in [2.45, 2.75) is 38.1 Å². The summed E-state index contributed by atoms with van der Waals surface area (Å²) in [5.41, 5.74) is 1.14. The van der Waals surface area contributed by atoms with Crippen molar-refractivity contribution < 1.29 is 8.42 Å². The predicted molar refractivity (Wildman–Crippen MR) is 82.3 cm³/mol. The minimum atomic E-state index is -3.54. The van der Waals surface area contributed by atoms with Gasteiger partial charge >= 0.3 is 0 Å². The van der Waals surface area contributed by atoms with Gasteiger partial charge in [-0.05, 0) is 37.0 Å². The molecule has 2 N–H and O–H groups in total. The van der Waals surface area contributed by atoms with Crippen molar-refractivity contribution in [1.82, 2.24) is 14.7 Å². The van der Waals surface area contributed by atoms with Gasteiger partial charge in [-0.2, -0.15) is 0 Å². The van der Waals surface area contributed by atoms with Crippen molar-refractivity contribution in [3.63, 3.8) is 0 Å². The smallest absolute Gasteiger partial charge is 0.241 e. The lowest BCUT2D eigenvalue weighted by molar-refractivity contribution is 0.561. The number of hydrogen-bond donors (Lipinski definition) is 2. The first kappa shape index (κ1) is 15.7. The quantitative estimate of drug-likeness (QED) is 0.861. The van der Waals surface area contributed by atoms with Crippen molar-refractivity contribution in [2.24, 2.45) is 5.92 Å². The molecule has 5 nitrogen and oxygen atoms in total. The van der Waals surface area contributed by atoms with Gasteiger partial charge in [-0.1, -0.05) is 26.0 Å². The minimum absolute atomic E-state index is 0.272. The van der Waals surface area contributed by atoms with Crippen LogP contribution < -0.4 is 4.72 Å². The lowest BCUT2D eigenvalue weighted by Crippen LogP contribution is -2.27. The van der Waals surface area contributed by atoms with Crippen LogP contribution in [0.1, 0.15) is 38.2 Å². The summed E-state index contributed by atoms with van der Waals surface area (Å²) in [6.07, 6.45) is 4.21. The molecule has 1 atom stereocenters. The van der Waals surface area contributed by atoms with E-state index >= 15 is 0 Å². The van der Waals surface area contributed by atoms with Crippen LogP contribution in [0, 0.1) is 5.92 Å². The third-order valence-corrected chi connectivity index (χ3v) is 4.70. The number of hydrogen-bond acceptors (Lipinski definition) is 3. The number of imidazole rings is 1. The first-order valence-electron chi connectivity index (χ1n) is 6.99. The fourth-order valence-electron chi connectivity index (χ4n) is 2.15. The molecular formula is C15H21N3O2S. The molecule has 1 aromatic carbocycles. The fraction of sp³-hybridized carbons (Fsp3) is 0.400. The normalized spacial score (nSPS) is 13.5. The lowest BCUT2D eigenvalue weighted by Gasteiger charge is -2.13. The molecule has 114 valence electrons. The Morgan fingerprint density at radius 1 is 1.19 bits per heavy atom. The molecule has 0 bridgehead atoms. The van der Waals surface area contributed by atoms with Crippen LogP contribution in [0.4, 0.5) is 0 Å². The highest BCUT2D eigenvalue weighted by Gasteiger charge is 2.19. The van der Waals surface area contributed by atoms with Crippen LogP contribution in [0.5, 0.6) is 0 Å². The summed E-state index contributed by atoms with van der Waals surface area (Å²) in [6.45, 7) is 6.03. The van der Waals surface area contributed by atoms with Gasteiger partial charge in [0.2, 0.25) is 10.0 Å². The van der Waals surface area contributed by atoms with Crippen LogP contribution in [0.15, 0.2) is 41.6 Å². The molecule has 0 aliphatic carbocycles. The van der Waals surface area contributed by atoms with E-state index in [1.165, 1.54) is 0 Å². The Balaban J connectivity index is 2.12. The number of nitrogens with zero attached hydrogens (tertiary/aromatic N) is 1. The van der Waals surface area contributed by atoms with E-state index in [4.69, 9.17) is 0 Å².